The highest BCUT2D eigenvalue weighted by Gasteiger charge is 2.53. The second kappa shape index (κ2) is 6.24. The molecule has 0 aromatic carbocycles. The molecule has 7 nitrogen and oxygen atoms in total. The maximum atomic E-state index is 12.5. The molecule has 122 valence electrons. The number of carbonyl (C=O) groups is 3. The molecule has 22 heavy (non-hydrogen) atoms. The highest BCUT2D eigenvalue weighted by molar-refractivity contribution is 5.93. The van der Waals surface area contributed by atoms with Gasteiger partial charge in [0.25, 0.3) is 5.91 Å². The molecule has 3 rings (SSSR count). The highest BCUT2D eigenvalue weighted by Crippen LogP contribution is 2.43. The van der Waals surface area contributed by atoms with Crippen LogP contribution in [0.15, 0.2) is 0 Å². The number of nitrogens with zero attached hydrogens (tertiary/aromatic N) is 1. The van der Waals surface area contributed by atoms with Gasteiger partial charge in [-0.1, -0.05) is 12.8 Å². The van der Waals surface area contributed by atoms with Crippen molar-refractivity contribution in [2.24, 2.45) is 5.41 Å². The molecule has 1 saturated carbocycles. The molecule has 3 aliphatic rings. The average Bonchev–Trinajstić information content (AvgIpc) is 3.06. The summed E-state index contributed by atoms with van der Waals surface area (Å²) < 4.78 is 0. The zero-order valence-corrected chi connectivity index (χ0v) is 12.7. The van der Waals surface area contributed by atoms with E-state index in [1.807, 2.05) is 0 Å². The number of rotatable bonds is 5. The Bertz CT molecular complexity index is 481. The maximum Gasteiger partial charge on any atom is 0.252 e. The monoisotopic (exact) mass is 309 g/mol. The molecule has 0 aromatic rings. The number of hydrogen-bond donors (Lipinski definition) is 2. The Balaban J connectivity index is 1.48. The van der Waals surface area contributed by atoms with E-state index in [4.69, 9.17) is 4.84 Å². The van der Waals surface area contributed by atoms with E-state index in [0.717, 1.165) is 38.6 Å². The predicted octanol–water partition coefficient (Wildman–Crippen LogP) is 0.106. The quantitative estimate of drug-likeness (QED) is 0.557. The van der Waals surface area contributed by atoms with Gasteiger partial charge in [-0.25, -0.2) is 5.48 Å². The van der Waals surface area contributed by atoms with E-state index in [9.17, 15) is 14.4 Å². The van der Waals surface area contributed by atoms with Crippen LogP contribution in [-0.4, -0.2) is 48.4 Å². The first-order valence-corrected chi connectivity index (χ1v) is 8.11. The molecule has 0 bridgehead atoms. The molecule has 2 saturated heterocycles. The summed E-state index contributed by atoms with van der Waals surface area (Å²) in [5.74, 6) is -0.112. The van der Waals surface area contributed by atoms with Gasteiger partial charge in [0.15, 0.2) is 0 Å². The van der Waals surface area contributed by atoms with Gasteiger partial charge in [-0.15, -0.1) is 0 Å². The minimum atomic E-state index is -0.654. The molecule has 2 atom stereocenters. The lowest BCUT2D eigenvalue weighted by Crippen LogP contribution is -2.50. The lowest BCUT2D eigenvalue weighted by atomic mass is 9.70. The van der Waals surface area contributed by atoms with Crippen LogP contribution in [0.2, 0.25) is 0 Å². The van der Waals surface area contributed by atoms with Gasteiger partial charge in [-0.05, 0) is 19.3 Å². The lowest BCUT2D eigenvalue weighted by molar-refractivity contribution is -0.147. The van der Waals surface area contributed by atoms with E-state index in [2.05, 4.69) is 10.8 Å². The topological polar surface area (TPSA) is 87.7 Å². The molecular weight excluding hydrogens is 286 g/mol. The minimum absolute atomic E-state index is 0.0512. The van der Waals surface area contributed by atoms with Crippen LogP contribution < -0.4 is 10.8 Å². The van der Waals surface area contributed by atoms with Crippen LogP contribution in [-0.2, 0) is 19.2 Å². The Morgan fingerprint density at radius 3 is 3.00 bits per heavy atom. The number of likely N-dealkylation sites (tertiary alicyclic amines) is 1. The van der Waals surface area contributed by atoms with E-state index in [0.29, 0.717) is 13.0 Å². The van der Waals surface area contributed by atoms with Gasteiger partial charge < -0.3 is 10.2 Å². The summed E-state index contributed by atoms with van der Waals surface area (Å²) in [6, 6.07) is -0.0718. The van der Waals surface area contributed by atoms with Gasteiger partial charge in [0.1, 0.15) is 0 Å². The first-order chi connectivity index (χ1) is 10.6. The maximum absolute atomic E-state index is 12.5. The Morgan fingerprint density at radius 2 is 2.23 bits per heavy atom. The fraction of sp³-hybridized carbons (Fsp3) is 0.800. The SMILES string of the molecule is O=C1C[C@]2(C(=O)NOCCN3CCCC3=O)CCCC[C@@H]2N1. The molecule has 2 N–H and O–H groups in total. The number of fused-ring (bicyclic) bond motifs is 1. The molecule has 1 aliphatic carbocycles. The number of amides is 3. The average molecular weight is 309 g/mol. The van der Waals surface area contributed by atoms with E-state index in [1.165, 1.54) is 0 Å². The molecule has 3 amide bonds. The molecule has 2 heterocycles. The third kappa shape index (κ3) is 2.82. The second-order valence-electron chi connectivity index (χ2n) is 6.46. The van der Waals surface area contributed by atoms with Crippen molar-refractivity contribution in [3.63, 3.8) is 0 Å². The van der Waals surface area contributed by atoms with Gasteiger partial charge in [0.05, 0.1) is 12.0 Å². The fourth-order valence-corrected chi connectivity index (χ4v) is 3.86. The molecule has 0 unspecified atom stereocenters. The fourth-order valence-electron chi connectivity index (χ4n) is 3.86. The summed E-state index contributed by atoms with van der Waals surface area (Å²) in [6.45, 7) is 1.53. The molecule has 0 radical (unpaired) electrons. The number of hydroxylamine groups is 1. The zero-order chi connectivity index (χ0) is 15.6. The molecule has 0 aromatic heterocycles. The van der Waals surface area contributed by atoms with Gasteiger partial charge in [0, 0.05) is 32.0 Å². The third-order valence-electron chi connectivity index (χ3n) is 5.10. The number of carbonyl (C=O) groups excluding carboxylic acids is 3. The Kier molecular flexibility index (Phi) is 4.33. The third-order valence-corrected chi connectivity index (χ3v) is 5.10. The molecule has 3 fully saturated rings. The molecule has 0 spiro atoms. The predicted molar refractivity (Wildman–Crippen MR) is 77.4 cm³/mol. The van der Waals surface area contributed by atoms with Crippen LogP contribution in [0.3, 0.4) is 0 Å². The van der Waals surface area contributed by atoms with E-state index in [1.54, 1.807) is 4.90 Å². The van der Waals surface area contributed by atoms with Crippen molar-refractivity contribution in [2.75, 3.05) is 19.7 Å². The summed E-state index contributed by atoms with van der Waals surface area (Å²) in [6.07, 6.45) is 5.31. The van der Waals surface area contributed by atoms with Gasteiger partial charge in [0.2, 0.25) is 11.8 Å². The van der Waals surface area contributed by atoms with E-state index in [-0.39, 0.29) is 36.8 Å². The summed E-state index contributed by atoms with van der Waals surface area (Å²) in [4.78, 5) is 42.7. The summed E-state index contributed by atoms with van der Waals surface area (Å²) in [7, 11) is 0. The van der Waals surface area contributed by atoms with Crippen LogP contribution in [0, 0.1) is 5.41 Å². The van der Waals surface area contributed by atoms with E-state index < -0.39 is 5.41 Å². The molecular formula is C15H23N3O4. The van der Waals surface area contributed by atoms with Crippen molar-refractivity contribution in [3.05, 3.63) is 0 Å². The van der Waals surface area contributed by atoms with Crippen LogP contribution in [0.4, 0.5) is 0 Å². The van der Waals surface area contributed by atoms with Crippen molar-refractivity contribution < 1.29 is 19.2 Å². The Hall–Kier alpha value is -1.63. The van der Waals surface area contributed by atoms with Crippen LogP contribution in [0.25, 0.3) is 0 Å². The van der Waals surface area contributed by atoms with Crippen molar-refractivity contribution in [2.45, 2.75) is 51.0 Å². The smallest absolute Gasteiger partial charge is 0.252 e. The van der Waals surface area contributed by atoms with Crippen molar-refractivity contribution in [1.29, 1.82) is 0 Å². The first-order valence-electron chi connectivity index (χ1n) is 8.11. The van der Waals surface area contributed by atoms with Crippen LogP contribution in [0.5, 0.6) is 0 Å². The summed E-state index contributed by atoms with van der Waals surface area (Å²) in [5, 5.41) is 2.91. The van der Waals surface area contributed by atoms with Gasteiger partial charge >= 0.3 is 0 Å². The Labute approximate surface area is 129 Å². The standard InChI is InChI=1S/C15H23N3O4/c19-12-10-15(6-2-1-4-11(15)16-12)14(21)17-22-9-8-18-7-3-5-13(18)20/h11H,1-10H2,(H,16,19)(H,17,21)/t11-,15+/m0/s1. The van der Waals surface area contributed by atoms with Crippen LogP contribution in [0.1, 0.15) is 44.9 Å². The summed E-state index contributed by atoms with van der Waals surface area (Å²) >= 11 is 0. The number of hydrogen-bond acceptors (Lipinski definition) is 4. The Morgan fingerprint density at radius 1 is 1.36 bits per heavy atom. The number of nitrogens with one attached hydrogen (secondary N) is 2. The minimum Gasteiger partial charge on any atom is -0.352 e. The second-order valence-corrected chi connectivity index (χ2v) is 6.46. The van der Waals surface area contributed by atoms with E-state index >= 15 is 0 Å². The lowest BCUT2D eigenvalue weighted by Gasteiger charge is -2.36. The molecule has 2 aliphatic heterocycles. The first kappa shape index (κ1) is 15.3. The van der Waals surface area contributed by atoms with Gasteiger partial charge in [-0.2, -0.15) is 0 Å². The largest absolute Gasteiger partial charge is 0.352 e. The highest BCUT2D eigenvalue weighted by atomic mass is 16.7. The van der Waals surface area contributed by atoms with Crippen molar-refractivity contribution in [3.8, 4) is 0 Å². The normalized spacial score (nSPS) is 31.1. The zero-order valence-electron chi connectivity index (χ0n) is 12.7. The van der Waals surface area contributed by atoms with Crippen molar-refractivity contribution >= 4 is 17.7 Å². The van der Waals surface area contributed by atoms with Gasteiger partial charge in [-0.3, -0.25) is 19.2 Å². The summed E-state index contributed by atoms with van der Waals surface area (Å²) in [5.41, 5.74) is 1.85. The van der Waals surface area contributed by atoms with Crippen LogP contribution >= 0.6 is 0 Å². The molecule has 7 heteroatoms. The van der Waals surface area contributed by atoms with Crippen molar-refractivity contribution in [1.82, 2.24) is 15.7 Å².